The van der Waals surface area contributed by atoms with Crippen molar-refractivity contribution in [1.82, 2.24) is 24.8 Å². The van der Waals surface area contributed by atoms with Crippen LogP contribution in [0.2, 0.25) is 0 Å². The molecule has 5 heterocycles. The smallest absolute Gasteiger partial charge is 0.168 e. The average molecular weight is 575 g/mol. The summed E-state index contributed by atoms with van der Waals surface area (Å²) in [4.78, 5) is 24.3. The van der Waals surface area contributed by atoms with Crippen molar-refractivity contribution in [2.75, 3.05) is 50.6 Å². The van der Waals surface area contributed by atoms with E-state index in [2.05, 4.69) is 32.1 Å². The molecule has 214 valence electrons. The Morgan fingerprint density at radius 1 is 1.05 bits per heavy atom. The molecule has 2 aliphatic rings. The van der Waals surface area contributed by atoms with E-state index in [0.717, 1.165) is 68.0 Å². The zero-order valence-corrected chi connectivity index (χ0v) is 24.2. The van der Waals surface area contributed by atoms with Gasteiger partial charge in [0.2, 0.25) is 0 Å². The highest BCUT2D eigenvalue weighted by atomic mass is 32.1. The number of nitrogens with zero attached hydrogens (tertiary/aromatic N) is 6. The van der Waals surface area contributed by atoms with Gasteiger partial charge in [0.05, 0.1) is 28.2 Å². The predicted octanol–water partition coefficient (Wildman–Crippen LogP) is 5.29. The third-order valence-electron chi connectivity index (χ3n) is 7.87. The molecule has 0 aliphatic carbocycles. The monoisotopic (exact) mass is 574 g/mol. The maximum absolute atomic E-state index is 14.7. The van der Waals surface area contributed by atoms with Gasteiger partial charge in [-0.05, 0) is 64.0 Å². The van der Waals surface area contributed by atoms with Crippen molar-refractivity contribution in [2.45, 2.75) is 37.6 Å². The van der Waals surface area contributed by atoms with E-state index in [1.54, 1.807) is 35.7 Å². The molecule has 3 aromatic heterocycles. The lowest BCUT2D eigenvalue weighted by atomic mass is 9.98. The third kappa shape index (κ3) is 6.02. The number of nitrogens with two attached hydrogens (primary N) is 1. The molecule has 11 heteroatoms. The van der Waals surface area contributed by atoms with Crippen LogP contribution >= 0.6 is 11.3 Å². The topological polar surface area (TPSA) is 105 Å². The molecule has 0 amide bonds. The number of anilines is 3. The molecule has 0 bridgehead atoms. The molecule has 4 aromatic rings. The third-order valence-corrected chi connectivity index (χ3v) is 9.06. The van der Waals surface area contributed by atoms with Crippen molar-refractivity contribution >= 4 is 28.7 Å². The summed E-state index contributed by atoms with van der Waals surface area (Å²) < 4.78 is 20.1. The van der Waals surface area contributed by atoms with Crippen molar-refractivity contribution in [2.24, 2.45) is 5.73 Å². The zero-order chi connectivity index (χ0) is 28.3. The highest BCUT2D eigenvalue weighted by Gasteiger charge is 2.25. The van der Waals surface area contributed by atoms with Crippen LogP contribution in [-0.2, 0) is 0 Å². The van der Waals surface area contributed by atoms with Crippen LogP contribution in [0.5, 0.6) is 5.75 Å². The normalized spacial score (nSPS) is 18.4. The quantitative estimate of drug-likeness (QED) is 0.305. The van der Waals surface area contributed by atoms with Gasteiger partial charge < -0.3 is 25.6 Å². The van der Waals surface area contributed by atoms with Crippen molar-refractivity contribution < 1.29 is 9.13 Å². The van der Waals surface area contributed by atoms with Crippen LogP contribution in [0.4, 0.5) is 21.7 Å². The number of hydrogen-bond acceptors (Lipinski definition) is 10. The number of pyridine rings is 1. The van der Waals surface area contributed by atoms with Crippen molar-refractivity contribution in [3.8, 4) is 27.6 Å². The van der Waals surface area contributed by atoms with E-state index in [9.17, 15) is 4.39 Å². The number of halogens is 1. The summed E-state index contributed by atoms with van der Waals surface area (Å²) in [6.07, 6.45) is 9.83. The first kappa shape index (κ1) is 27.5. The lowest BCUT2D eigenvalue weighted by Crippen LogP contribution is -2.43. The minimum absolute atomic E-state index is 0.123. The number of thiazole rings is 1. The lowest BCUT2D eigenvalue weighted by Gasteiger charge is -2.34. The van der Waals surface area contributed by atoms with Crippen LogP contribution in [0.1, 0.15) is 36.6 Å². The molecular weight excluding hydrogens is 539 g/mol. The first-order valence-electron chi connectivity index (χ1n) is 14.1. The molecule has 1 aromatic carbocycles. The maximum Gasteiger partial charge on any atom is 0.168 e. The Kier molecular flexibility index (Phi) is 8.09. The summed E-state index contributed by atoms with van der Waals surface area (Å²) in [6, 6.07) is 8.56. The highest BCUT2D eigenvalue weighted by molar-refractivity contribution is 7.15. The largest absolute Gasteiger partial charge is 0.496 e. The first-order chi connectivity index (χ1) is 20.0. The fraction of sp³-hybridized carbons (Fsp3) is 0.400. The summed E-state index contributed by atoms with van der Waals surface area (Å²) in [5, 5.41) is 4.50. The Morgan fingerprint density at radius 3 is 2.71 bits per heavy atom. The van der Waals surface area contributed by atoms with E-state index in [1.807, 2.05) is 18.5 Å². The first-order valence-corrected chi connectivity index (χ1v) is 14.9. The van der Waals surface area contributed by atoms with Gasteiger partial charge in [0.1, 0.15) is 23.2 Å². The van der Waals surface area contributed by atoms with Crippen LogP contribution in [0.3, 0.4) is 0 Å². The van der Waals surface area contributed by atoms with E-state index >= 15 is 0 Å². The Bertz CT molecular complexity index is 1510. The molecule has 3 N–H and O–H groups in total. The highest BCUT2D eigenvalue weighted by Crippen LogP contribution is 2.40. The molecule has 6 rings (SSSR count). The van der Waals surface area contributed by atoms with E-state index in [0.29, 0.717) is 23.3 Å². The number of ether oxygens (including phenoxy) is 1. The summed E-state index contributed by atoms with van der Waals surface area (Å²) in [5.74, 6) is 1.80. The van der Waals surface area contributed by atoms with Gasteiger partial charge in [-0.3, -0.25) is 0 Å². The predicted molar refractivity (Wildman–Crippen MR) is 162 cm³/mol. The van der Waals surface area contributed by atoms with Crippen molar-refractivity contribution in [3.05, 3.63) is 59.7 Å². The second-order valence-electron chi connectivity index (χ2n) is 10.8. The van der Waals surface area contributed by atoms with Crippen LogP contribution in [0.25, 0.3) is 21.8 Å². The van der Waals surface area contributed by atoms with Crippen molar-refractivity contribution in [1.29, 1.82) is 0 Å². The summed E-state index contributed by atoms with van der Waals surface area (Å²) >= 11 is 1.77. The fourth-order valence-corrected chi connectivity index (χ4v) is 6.73. The number of methoxy groups -OCH3 is 1. The zero-order valence-electron chi connectivity index (χ0n) is 23.4. The Hall–Kier alpha value is -3.67. The molecule has 2 aliphatic heterocycles. The average Bonchev–Trinajstić information content (AvgIpc) is 3.48. The fourth-order valence-electron chi connectivity index (χ4n) is 5.62. The Labute approximate surface area is 243 Å². The lowest BCUT2D eigenvalue weighted by molar-refractivity contribution is 0.255. The standard InChI is InChI=1S/C30H35FN8OS/c1-38-13-9-19(10-14-38)30-35-17-25(41-30)21-16-34-27(15-23(21)39-12-4-5-20(32)18-39)36-26-8-11-33-29(37-26)28-22(31)6-3-7-24(28)40-2/h3,6-8,11,15-17,19-20H,4-5,9-10,12-14,18,32H2,1-2H3,(H,33,34,36,37)/t20-/m0/s1. The van der Waals surface area contributed by atoms with Gasteiger partial charge in [0.15, 0.2) is 5.82 Å². The van der Waals surface area contributed by atoms with E-state index in [4.69, 9.17) is 20.4 Å². The maximum atomic E-state index is 14.7. The van der Waals surface area contributed by atoms with Crippen LogP contribution in [0, 0.1) is 5.82 Å². The number of hydrogen-bond donors (Lipinski definition) is 2. The van der Waals surface area contributed by atoms with E-state index in [1.165, 1.54) is 18.2 Å². The van der Waals surface area contributed by atoms with E-state index < -0.39 is 5.82 Å². The molecule has 41 heavy (non-hydrogen) atoms. The number of benzene rings is 1. The molecule has 0 radical (unpaired) electrons. The van der Waals surface area contributed by atoms with Gasteiger partial charge in [-0.1, -0.05) is 6.07 Å². The molecular formula is C30H35FN8OS. The number of rotatable bonds is 7. The van der Waals surface area contributed by atoms with Crippen LogP contribution in [-0.4, -0.2) is 71.2 Å². The van der Waals surface area contributed by atoms with Crippen molar-refractivity contribution in [3.63, 3.8) is 0 Å². The Balaban J connectivity index is 1.31. The number of aromatic nitrogens is 4. The molecule has 1 atom stereocenters. The molecule has 0 unspecified atom stereocenters. The van der Waals surface area contributed by atoms with E-state index in [-0.39, 0.29) is 17.4 Å². The minimum Gasteiger partial charge on any atom is -0.496 e. The summed E-state index contributed by atoms with van der Waals surface area (Å²) in [7, 11) is 3.68. The number of nitrogens with one attached hydrogen (secondary N) is 1. The minimum atomic E-state index is -0.447. The van der Waals surface area contributed by atoms with Gasteiger partial charge in [-0.25, -0.2) is 24.3 Å². The number of piperidine rings is 2. The van der Waals surface area contributed by atoms with Gasteiger partial charge in [-0.2, -0.15) is 0 Å². The number of likely N-dealkylation sites (tertiary alicyclic amines) is 1. The molecule has 9 nitrogen and oxygen atoms in total. The van der Waals surface area contributed by atoms with Crippen LogP contribution in [0.15, 0.2) is 48.9 Å². The molecule has 2 fully saturated rings. The van der Waals surface area contributed by atoms with Crippen LogP contribution < -0.4 is 20.7 Å². The van der Waals surface area contributed by atoms with Gasteiger partial charge in [0.25, 0.3) is 0 Å². The second kappa shape index (κ2) is 12.1. The molecule has 0 spiro atoms. The second-order valence-corrected chi connectivity index (χ2v) is 11.8. The SMILES string of the molecule is COc1cccc(F)c1-c1nccc(Nc2cc(N3CCC[C@H](N)C3)c(-c3cnc(C4CCN(C)CC4)s3)cn2)n1. The van der Waals surface area contributed by atoms with Gasteiger partial charge in [0, 0.05) is 55.3 Å². The Morgan fingerprint density at radius 2 is 1.90 bits per heavy atom. The summed E-state index contributed by atoms with van der Waals surface area (Å²) in [5.41, 5.74) is 8.73. The van der Waals surface area contributed by atoms with Gasteiger partial charge in [-0.15, -0.1) is 11.3 Å². The summed E-state index contributed by atoms with van der Waals surface area (Å²) in [6.45, 7) is 3.91. The van der Waals surface area contributed by atoms with Gasteiger partial charge >= 0.3 is 0 Å². The molecule has 2 saturated heterocycles. The molecule has 0 saturated carbocycles.